The topological polar surface area (TPSA) is 118 Å². The number of alkyl halides is 6. The van der Waals surface area contributed by atoms with Gasteiger partial charge in [0.2, 0.25) is 0 Å². The van der Waals surface area contributed by atoms with Crippen LogP contribution in [0.4, 0.5) is 26.3 Å². The Morgan fingerprint density at radius 2 is 1.61 bits per heavy atom. The Morgan fingerprint density at radius 3 is 2.08 bits per heavy atom. The van der Waals surface area contributed by atoms with Crippen molar-refractivity contribution in [3.8, 4) is 5.75 Å². The Balaban J connectivity index is 0.000000271. The molecule has 0 amide bonds. The number of carboxylic acids is 2. The lowest BCUT2D eigenvalue weighted by Crippen LogP contribution is -2.42. The molecule has 0 saturated heterocycles. The van der Waals surface area contributed by atoms with E-state index in [-0.39, 0.29) is 0 Å². The molecule has 0 aromatic carbocycles. The standard InChI is InChI=1S/C17H22N4O.2C2HF3O2/c1-3-15(4-1)20-9-14(10-21-13-19-7-16(21)11-20)12-22-17-5-2-6-18-8-17;2*3-2(4,5)1(6)7/h2,5-8,13-15H,1,3-4,9-12H2;2*(H,6,7). The Labute approximate surface area is 201 Å². The van der Waals surface area contributed by atoms with Gasteiger partial charge in [-0.05, 0) is 25.0 Å². The number of carbonyl (C=O) groups is 2. The molecule has 0 radical (unpaired) electrons. The first-order valence-corrected chi connectivity index (χ1v) is 10.6. The lowest BCUT2D eigenvalue weighted by atomic mass is 9.90. The van der Waals surface area contributed by atoms with E-state index in [2.05, 4.69) is 19.4 Å². The molecule has 4 rings (SSSR count). The summed E-state index contributed by atoms with van der Waals surface area (Å²) in [4.78, 5) is 28.8. The molecule has 2 aliphatic rings. The number of rotatable bonds is 4. The molecular weight excluding hydrogens is 502 g/mol. The molecule has 1 unspecified atom stereocenters. The summed E-state index contributed by atoms with van der Waals surface area (Å²) in [5, 5.41) is 14.2. The van der Waals surface area contributed by atoms with Crippen molar-refractivity contribution in [2.24, 2.45) is 5.92 Å². The number of aromatic nitrogens is 3. The minimum Gasteiger partial charge on any atom is -0.492 e. The zero-order chi connectivity index (χ0) is 26.9. The molecule has 1 fully saturated rings. The Bertz CT molecular complexity index is 955. The summed E-state index contributed by atoms with van der Waals surface area (Å²) >= 11 is 0. The number of carboxylic acid groups (broad SMARTS) is 2. The maximum atomic E-state index is 10.6. The maximum Gasteiger partial charge on any atom is 0.490 e. The number of imidazole rings is 1. The van der Waals surface area contributed by atoms with Crippen LogP contribution in [0, 0.1) is 5.92 Å². The molecule has 2 N–H and O–H groups in total. The van der Waals surface area contributed by atoms with E-state index in [9.17, 15) is 26.3 Å². The first-order chi connectivity index (χ1) is 16.8. The van der Waals surface area contributed by atoms with Crippen molar-refractivity contribution in [2.45, 2.75) is 50.7 Å². The van der Waals surface area contributed by atoms with Crippen LogP contribution in [-0.4, -0.2) is 73.1 Å². The van der Waals surface area contributed by atoms with Gasteiger partial charge in [-0.2, -0.15) is 26.3 Å². The summed E-state index contributed by atoms with van der Waals surface area (Å²) < 4.78 is 71.7. The predicted octanol–water partition coefficient (Wildman–Crippen LogP) is 3.61. The molecule has 1 atom stereocenters. The molecule has 1 saturated carbocycles. The van der Waals surface area contributed by atoms with Crippen LogP contribution in [0.2, 0.25) is 0 Å². The molecule has 3 heterocycles. The van der Waals surface area contributed by atoms with Crippen molar-refractivity contribution in [1.82, 2.24) is 19.4 Å². The molecule has 200 valence electrons. The van der Waals surface area contributed by atoms with Gasteiger partial charge >= 0.3 is 24.3 Å². The molecule has 9 nitrogen and oxygen atoms in total. The summed E-state index contributed by atoms with van der Waals surface area (Å²) in [5.41, 5.74) is 1.33. The summed E-state index contributed by atoms with van der Waals surface area (Å²) in [5.74, 6) is -4.18. The zero-order valence-corrected chi connectivity index (χ0v) is 18.7. The highest BCUT2D eigenvalue weighted by atomic mass is 19.4. The first-order valence-electron chi connectivity index (χ1n) is 10.6. The minimum atomic E-state index is -5.08. The van der Waals surface area contributed by atoms with E-state index in [0.717, 1.165) is 38.0 Å². The SMILES string of the molecule is O=C(O)C(F)(F)F.O=C(O)C(F)(F)F.c1cncc(OCC2CN(C3CCC3)Cc3cncn3C2)c1. The van der Waals surface area contributed by atoms with Crippen molar-refractivity contribution < 1.29 is 50.9 Å². The quantitative estimate of drug-likeness (QED) is 0.581. The van der Waals surface area contributed by atoms with Crippen LogP contribution >= 0.6 is 0 Å². The van der Waals surface area contributed by atoms with Crippen LogP contribution < -0.4 is 4.74 Å². The largest absolute Gasteiger partial charge is 0.492 e. The van der Waals surface area contributed by atoms with E-state index in [4.69, 9.17) is 24.5 Å². The molecule has 15 heteroatoms. The fraction of sp³-hybridized carbons (Fsp3) is 0.524. The number of fused-ring (bicyclic) bond motifs is 1. The zero-order valence-electron chi connectivity index (χ0n) is 18.7. The minimum absolute atomic E-state index is 0.483. The maximum absolute atomic E-state index is 10.6. The van der Waals surface area contributed by atoms with Crippen molar-refractivity contribution in [1.29, 1.82) is 0 Å². The average molecular weight is 526 g/mol. The van der Waals surface area contributed by atoms with Gasteiger partial charge in [-0.15, -0.1) is 0 Å². The lowest BCUT2D eigenvalue weighted by Gasteiger charge is -2.37. The fourth-order valence-electron chi connectivity index (χ4n) is 3.37. The number of hydrogen-bond acceptors (Lipinski definition) is 6. The highest BCUT2D eigenvalue weighted by Gasteiger charge is 2.39. The second-order valence-electron chi connectivity index (χ2n) is 8.02. The van der Waals surface area contributed by atoms with E-state index in [0.29, 0.717) is 5.92 Å². The van der Waals surface area contributed by atoms with Crippen LogP contribution in [0.3, 0.4) is 0 Å². The van der Waals surface area contributed by atoms with E-state index in [1.54, 1.807) is 12.4 Å². The second-order valence-corrected chi connectivity index (χ2v) is 8.02. The van der Waals surface area contributed by atoms with Gasteiger partial charge in [-0.25, -0.2) is 14.6 Å². The van der Waals surface area contributed by atoms with E-state index in [1.807, 2.05) is 24.7 Å². The van der Waals surface area contributed by atoms with Crippen LogP contribution in [0.5, 0.6) is 5.75 Å². The second kappa shape index (κ2) is 12.6. The average Bonchev–Trinajstić information content (AvgIpc) is 3.10. The predicted molar refractivity (Wildman–Crippen MR) is 111 cm³/mol. The lowest BCUT2D eigenvalue weighted by molar-refractivity contribution is -0.193. The van der Waals surface area contributed by atoms with Crippen LogP contribution in [0.1, 0.15) is 25.0 Å². The Kier molecular flexibility index (Phi) is 10.1. The van der Waals surface area contributed by atoms with Gasteiger partial charge in [-0.1, -0.05) is 6.42 Å². The summed E-state index contributed by atoms with van der Waals surface area (Å²) in [6.07, 6.45) is 1.40. The molecule has 1 aliphatic heterocycles. The van der Waals surface area contributed by atoms with Gasteiger partial charge in [0.25, 0.3) is 0 Å². The first kappa shape index (κ1) is 28.9. The molecule has 2 aromatic heterocycles. The smallest absolute Gasteiger partial charge is 0.490 e. The van der Waals surface area contributed by atoms with Crippen molar-refractivity contribution in [3.63, 3.8) is 0 Å². The van der Waals surface area contributed by atoms with Gasteiger partial charge in [0.15, 0.2) is 0 Å². The van der Waals surface area contributed by atoms with E-state index in [1.165, 1.54) is 25.0 Å². The van der Waals surface area contributed by atoms with Gasteiger partial charge in [0.05, 0.1) is 24.8 Å². The number of aliphatic carboxylic acids is 2. The fourth-order valence-corrected chi connectivity index (χ4v) is 3.37. The molecule has 1 aliphatic carbocycles. The third-order valence-corrected chi connectivity index (χ3v) is 5.31. The van der Waals surface area contributed by atoms with Crippen molar-refractivity contribution in [3.05, 3.63) is 42.7 Å². The van der Waals surface area contributed by atoms with Gasteiger partial charge in [0.1, 0.15) is 5.75 Å². The molecule has 0 bridgehead atoms. The summed E-state index contributed by atoms with van der Waals surface area (Å²) in [6.45, 7) is 3.84. The number of ether oxygens (including phenoxy) is 1. The van der Waals surface area contributed by atoms with Crippen LogP contribution in [0.15, 0.2) is 37.1 Å². The Hall–Kier alpha value is -3.36. The molecule has 2 aromatic rings. The summed E-state index contributed by atoms with van der Waals surface area (Å²) in [6, 6.07) is 4.63. The monoisotopic (exact) mass is 526 g/mol. The third-order valence-electron chi connectivity index (χ3n) is 5.31. The highest BCUT2D eigenvalue weighted by molar-refractivity contribution is 5.73. The number of hydrogen-bond donors (Lipinski definition) is 2. The molecule has 36 heavy (non-hydrogen) atoms. The number of halogens is 6. The van der Waals surface area contributed by atoms with Crippen molar-refractivity contribution in [2.75, 3.05) is 13.2 Å². The van der Waals surface area contributed by atoms with Gasteiger partial charge in [0, 0.05) is 44.0 Å². The van der Waals surface area contributed by atoms with Crippen LogP contribution in [-0.2, 0) is 22.7 Å². The highest BCUT2D eigenvalue weighted by Crippen LogP contribution is 2.29. The third kappa shape index (κ3) is 9.36. The van der Waals surface area contributed by atoms with E-state index < -0.39 is 24.3 Å². The Morgan fingerprint density at radius 1 is 1.00 bits per heavy atom. The normalized spacial score (nSPS) is 18.2. The number of nitrogens with zero attached hydrogens (tertiary/aromatic N) is 4. The van der Waals surface area contributed by atoms with Crippen molar-refractivity contribution >= 4 is 11.9 Å². The number of pyridine rings is 1. The van der Waals surface area contributed by atoms with E-state index >= 15 is 0 Å². The molecular formula is C21H24F6N4O5. The van der Waals surface area contributed by atoms with Crippen LogP contribution in [0.25, 0.3) is 0 Å². The molecule has 0 spiro atoms. The van der Waals surface area contributed by atoms with Gasteiger partial charge < -0.3 is 19.5 Å². The summed E-state index contributed by atoms with van der Waals surface area (Å²) in [7, 11) is 0. The van der Waals surface area contributed by atoms with Gasteiger partial charge in [-0.3, -0.25) is 9.88 Å².